The summed E-state index contributed by atoms with van der Waals surface area (Å²) in [5.74, 6) is 1.06. The van der Waals surface area contributed by atoms with Gasteiger partial charge in [-0.05, 0) is 56.3 Å². The maximum absolute atomic E-state index is 12.4. The van der Waals surface area contributed by atoms with Crippen LogP contribution in [0.15, 0.2) is 54.6 Å². The van der Waals surface area contributed by atoms with Crippen molar-refractivity contribution in [2.45, 2.75) is 26.4 Å². The van der Waals surface area contributed by atoms with Crippen molar-refractivity contribution in [2.75, 3.05) is 29.2 Å². The molecule has 2 heterocycles. The van der Waals surface area contributed by atoms with Gasteiger partial charge in [-0.3, -0.25) is 10.1 Å². The third-order valence-electron chi connectivity index (χ3n) is 5.10. The minimum Gasteiger partial charge on any atom is -0.497 e. The summed E-state index contributed by atoms with van der Waals surface area (Å²) >= 11 is 0. The fraction of sp³-hybridized carbons (Fsp3) is 0.250. The summed E-state index contributed by atoms with van der Waals surface area (Å²) in [6.45, 7) is 4.11. The smallest absolute Gasteiger partial charge is 0.411 e. The van der Waals surface area contributed by atoms with Gasteiger partial charge in [-0.1, -0.05) is 6.07 Å². The van der Waals surface area contributed by atoms with Gasteiger partial charge in [-0.2, -0.15) is 0 Å². The number of aryl methyl sites for hydroxylation is 2. The number of nitrogens with one attached hydrogen (secondary N) is 2. The van der Waals surface area contributed by atoms with Crippen LogP contribution in [-0.2, 0) is 9.53 Å². The van der Waals surface area contributed by atoms with Crippen LogP contribution in [0.5, 0.6) is 5.75 Å². The van der Waals surface area contributed by atoms with E-state index in [2.05, 4.69) is 20.6 Å². The van der Waals surface area contributed by atoms with Crippen LogP contribution >= 0.6 is 0 Å². The van der Waals surface area contributed by atoms with Crippen molar-refractivity contribution in [3.63, 3.8) is 0 Å². The highest BCUT2D eigenvalue weighted by atomic mass is 16.6. The summed E-state index contributed by atoms with van der Waals surface area (Å²) < 4.78 is 10.7. The van der Waals surface area contributed by atoms with Crippen molar-refractivity contribution >= 4 is 35.0 Å². The molecule has 0 spiro atoms. The molecule has 0 aliphatic carbocycles. The number of rotatable bonds is 6. The molecule has 1 aromatic heterocycles. The van der Waals surface area contributed by atoms with Crippen molar-refractivity contribution in [1.29, 1.82) is 0 Å². The third-order valence-corrected chi connectivity index (χ3v) is 5.10. The number of carbonyl (C=O) groups excluding carboxylic acids is 2. The van der Waals surface area contributed by atoms with E-state index < -0.39 is 12.2 Å². The number of amides is 2. The zero-order valence-electron chi connectivity index (χ0n) is 18.7. The van der Waals surface area contributed by atoms with E-state index in [1.54, 1.807) is 48.4 Å². The minimum atomic E-state index is -0.612. The van der Waals surface area contributed by atoms with Gasteiger partial charge in [-0.25, -0.2) is 14.8 Å². The number of ether oxygens (including phenoxy) is 2. The lowest BCUT2D eigenvalue weighted by Gasteiger charge is -2.17. The highest BCUT2D eigenvalue weighted by Gasteiger charge is 2.33. The lowest BCUT2D eigenvalue weighted by atomic mass is 10.3. The molecule has 0 radical (unpaired) electrons. The number of nitrogens with zero attached hydrogens (tertiary/aromatic N) is 3. The molecule has 2 amide bonds. The van der Waals surface area contributed by atoms with Gasteiger partial charge < -0.3 is 19.7 Å². The molecule has 3 aromatic rings. The molecule has 9 nitrogen and oxygen atoms in total. The van der Waals surface area contributed by atoms with Gasteiger partial charge in [0, 0.05) is 34.5 Å². The first kappa shape index (κ1) is 22.1. The van der Waals surface area contributed by atoms with Gasteiger partial charge in [0.25, 0.3) is 0 Å². The summed E-state index contributed by atoms with van der Waals surface area (Å²) in [4.78, 5) is 35.1. The molecule has 1 aliphatic heterocycles. The van der Waals surface area contributed by atoms with Gasteiger partial charge in [0.05, 0.1) is 20.1 Å². The highest BCUT2D eigenvalue weighted by Crippen LogP contribution is 2.27. The first-order valence-electron chi connectivity index (χ1n) is 10.5. The number of hydrogen-bond acceptors (Lipinski definition) is 7. The van der Waals surface area contributed by atoms with Crippen molar-refractivity contribution in [1.82, 2.24) is 9.97 Å². The molecule has 2 aromatic carbocycles. The molecule has 1 fully saturated rings. The van der Waals surface area contributed by atoms with Crippen LogP contribution in [0.3, 0.4) is 0 Å². The first-order valence-corrected chi connectivity index (χ1v) is 10.5. The Morgan fingerprint density at radius 1 is 1.03 bits per heavy atom. The highest BCUT2D eigenvalue weighted by molar-refractivity contribution is 5.96. The molecule has 4 rings (SSSR count). The van der Waals surface area contributed by atoms with Crippen LogP contribution in [0.25, 0.3) is 0 Å². The van der Waals surface area contributed by atoms with E-state index in [0.717, 1.165) is 17.1 Å². The summed E-state index contributed by atoms with van der Waals surface area (Å²) in [5.41, 5.74) is 3.82. The standard InChI is InChI=1S/C24H25N5O4/c1-15-11-16(2)26-23(25-15)27-17-7-9-18(10-8-17)28-24(31)33-21-13-22(30)29(14-21)19-5-4-6-20(12-19)32-3/h4-12,21H,13-14H2,1-3H3,(H,28,31)(H,25,26,27). The second-order valence-electron chi connectivity index (χ2n) is 7.74. The fourth-order valence-corrected chi connectivity index (χ4v) is 3.63. The van der Waals surface area contributed by atoms with E-state index >= 15 is 0 Å². The Labute approximate surface area is 191 Å². The Morgan fingerprint density at radius 2 is 1.73 bits per heavy atom. The molecule has 1 saturated heterocycles. The zero-order chi connectivity index (χ0) is 23.4. The molecular weight excluding hydrogens is 422 g/mol. The average Bonchev–Trinajstić information content (AvgIpc) is 3.14. The summed E-state index contributed by atoms with van der Waals surface area (Å²) in [5, 5.41) is 5.84. The van der Waals surface area contributed by atoms with Gasteiger partial charge in [0.2, 0.25) is 11.9 Å². The van der Waals surface area contributed by atoms with Crippen LogP contribution < -0.4 is 20.3 Å². The van der Waals surface area contributed by atoms with Crippen LogP contribution in [0.4, 0.5) is 27.8 Å². The van der Waals surface area contributed by atoms with Gasteiger partial charge in [0.15, 0.2) is 0 Å². The lowest BCUT2D eigenvalue weighted by molar-refractivity contribution is -0.117. The second-order valence-corrected chi connectivity index (χ2v) is 7.74. The maximum atomic E-state index is 12.4. The number of anilines is 4. The number of aromatic nitrogens is 2. The van der Waals surface area contributed by atoms with E-state index in [1.807, 2.05) is 32.0 Å². The number of methoxy groups -OCH3 is 1. The Hall–Kier alpha value is -4.14. The molecule has 170 valence electrons. The number of hydrogen-bond donors (Lipinski definition) is 2. The first-order chi connectivity index (χ1) is 15.9. The van der Waals surface area contributed by atoms with Gasteiger partial charge in [-0.15, -0.1) is 0 Å². The molecule has 33 heavy (non-hydrogen) atoms. The van der Waals surface area contributed by atoms with Crippen LogP contribution in [-0.4, -0.2) is 41.7 Å². The Morgan fingerprint density at radius 3 is 2.42 bits per heavy atom. The average molecular weight is 447 g/mol. The van der Waals surface area contributed by atoms with Gasteiger partial charge in [0.1, 0.15) is 11.9 Å². The molecule has 1 unspecified atom stereocenters. The SMILES string of the molecule is COc1cccc(N2CC(OC(=O)Nc3ccc(Nc4nc(C)cc(C)n4)cc3)CC2=O)c1. The number of carbonyl (C=O) groups is 2. The second kappa shape index (κ2) is 9.56. The van der Waals surface area contributed by atoms with E-state index in [1.165, 1.54) is 0 Å². The van der Waals surface area contributed by atoms with E-state index in [-0.39, 0.29) is 18.9 Å². The molecular formula is C24H25N5O4. The predicted octanol–water partition coefficient (Wildman–Crippen LogP) is 4.20. The normalized spacial score (nSPS) is 15.3. The lowest BCUT2D eigenvalue weighted by Crippen LogP contribution is -2.28. The van der Waals surface area contributed by atoms with Gasteiger partial charge >= 0.3 is 6.09 Å². The van der Waals surface area contributed by atoms with E-state index in [4.69, 9.17) is 9.47 Å². The predicted molar refractivity (Wildman–Crippen MR) is 125 cm³/mol. The van der Waals surface area contributed by atoms with Crippen LogP contribution in [0.2, 0.25) is 0 Å². The van der Waals surface area contributed by atoms with E-state index in [9.17, 15) is 9.59 Å². The topological polar surface area (TPSA) is 106 Å². The maximum Gasteiger partial charge on any atom is 0.411 e. The molecule has 0 saturated carbocycles. The molecule has 2 N–H and O–H groups in total. The Bertz CT molecular complexity index is 1150. The summed E-state index contributed by atoms with van der Waals surface area (Å²) in [6.07, 6.45) is -1.02. The third kappa shape index (κ3) is 5.57. The summed E-state index contributed by atoms with van der Waals surface area (Å²) in [6, 6.07) is 16.2. The molecule has 9 heteroatoms. The quantitative estimate of drug-likeness (QED) is 0.583. The molecule has 1 aliphatic rings. The summed E-state index contributed by atoms with van der Waals surface area (Å²) in [7, 11) is 1.57. The zero-order valence-corrected chi connectivity index (χ0v) is 18.7. The van der Waals surface area contributed by atoms with Crippen molar-refractivity contribution in [2.24, 2.45) is 0 Å². The monoisotopic (exact) mass is 447 g/mol. The molecule has 1 atom stereocenters. The van der Waals surface area contributed by atoms with Crippen molar-refractivity contribution < 1.29 is 19.1 Å². The minimum absolute atomic E-state index is 0.106. The fourth-order valence-electron chi connectivity index (χ4n) is 3.63. The Kier molecular flexibility index (Phi) is 6.39. The molecule has 0 bridgehead atoms. The Balaban J connectivity index is 1.32. The van der Waals surface area contributed by atoms with Crippen LogP contribution in [0, 0.1) is 13.8 Å². The largest absolute Gasteiger partial charge is 0.497 e. The number of benzene rings is 2. The van der Waals surface area contributed by atoms with Crippen molar-refractivity contribution in [3.05, 3.63) is 66.0 Å². The van der Waals surface area contributed by atoms with Crippen LogP contribution in [0.1, 0.15) is 17.8 Å². The van der Waals surface area contributed by atoms with E-state index in [0.29, 0.717) is 23.1 Å². The van der Waals surface area contributed by atoms with Crippen molar-refractivity contribution in [3.8, 4) is 5.75 Å².